The Morgan fingerprint density at radius 2 is 1.86 bits per heavy atom. The van der Waals surface area contributed by atoms with E-state index in [0.717, 1.165) is 42.7 Å². The zero-order valence-electron chi connectivity index (χ0n) is 12.6. The molecule has 3 nitrogen and oxygen atoms in total. The fourth-order valence-electron chi connectivity index (χ4n) is 2.85. The maximum Gasteiger partial charge on any atom is 0.251 e. The minimum Gasteiger partial charge on any atom is -0.381 e. The number of hydrogen-bond donors (Lipinski definition) is 1. The molecule has 1 fully saturated rings. The monoisotopic (exact) mass is 295 g/mol. The van der Waals surface area contributed by atoms with E-state index < -0.39 is 0 Å². The maximum absolute atomic E-state index is 12.5. The van der Waals surface area contributed by atoms with Crippen LogP contribution in [0.5, 0.6) is 0 Å². The summed E-state index contributed by atoms with van der Waals surface area (Å²) in [5, 5.41) is 3.04. The summed E-state index contributed by atoms with van der Waals surface area (Å²) in [7, 11) is 0. The van der Waals surface area contributed by atoms with Crippen molar-refractivity contribution in [3.05, 3.63) is 60.2 Å². The highest BCUT2D eigenvalue weighted by Crippen LogP contribution is 2.23. The first-order valence-electron chi connectivity index (χ1n) is 7.85. The van der Waals surface area contributed by atoms with Crippen molar-refractivity contribution in [3.63, 3.8) is 0 Å². The van der Waals surface area contributed by atoms with Gasteiger partial charge < -0.3 is 10.1 Å². The van der Waals surface area contributed by atoms with Gasteiger partial charge >= 0.3 is 0 Å². The second-order valence-corrected chi connectivity index (χ2v) is 5.69. The van der Waals surface area contributed by atoms with Crippen molar-refractivity contribution in [3.8, 4) is 11.1 Å². The van der Waals surface area contributed by atoms with E-state index in [-0.39, 0.29) is 5.91 Å². The van der Waals surface area contributed by atoms with Gasteiger partial charge in [-0.05, 0) is 36.0 Å². The summed E-state index contributed by atoms with van der Waals surface area (Å²) in [6.07, 6.45) is 2.09. The second kappa shape index (κ2) is 7.23. The normalized spacial score (nSPS) is 17.4. The molecule has 114 valence electrons. The summed E-state index contributed by atoms with van der Waals surface area (Å²) in [6, 6.07) is 17.8. The molecule has 2 aromatic carbocycles. The van der Waals surface area contributed by atoms with Gasteiger partial charge in [-0.15, -0.1) is 0 Å². The fourth-order valence-corrected chi connectivity index (χ4v) is 2.85. The first kappa shape index (κ1) is 14.8. The van der Waals surface area contributed by atoms with E-state index in [0.29, 0.717) is 12.5 Å². The van der Waals surface area contributed by atoms with Crippen molar-refractivity contribution in [1.29, 1.82) is 0 Å². The van der Waals surface area contributed by atoms with E-state index in [1.54, 1.807) is 0 Å². The number of rotatable bonds is 5. The maximum atomic E-state index is 12.5. The van der Waals surface area contributed by atoms with Crippen molar-refractivity contribution in [2.24, 2.45) is 5.92 Å². The number of amides is 1. The Hall–Kier alpha value is -2.13. The summed E-state index contributed by atoms with van der Waals surface area (Å²) in [6.45, 7) is 2.39. The molecule has 0 spiro atoms. The van der Waals surface area contributed by atoms with Crippen LogP contribution in [0, 0.1) is 5.92 Å². The van der Waals surface area contributed by atoms with Crippen LogP contribution >= 0.6 is 0 Å². The Bertz CT molecular complexity index is 618. The van der Waals surface area contributed by atoms with Crippen molar-refractivity contribution in [1.82, 2.24) is 5.32 Å². The van der Waals surface area contributed by atoms with E-state index in [1.807, 2.05) is 54.6 Å². The molecule has 0 saturated carbocycles. The molecule has 0 aromatic heterocycles. The average molecular weight is 295 g/mol. The molecule has 1 saturated heterocycles. The van der Waals surface area contributed by atoms with Gasteiger partial charge in [0.2, 0.25) is 0 Å². The molecule has 1 heterocycles. The molecule has 0 unspecified atom stereocenters. The van der Waals surface area contributed by atoms with Crippen LogP contribution in [0.2, 0.25) is 0 Å². The largest absolute Gasteiger partial charge is 0.381 e. The zero-order chi connectivity index (χ0) is 15.2. The Balaban J connectivity index is 1.67. The van der Waals surface area contributed by atoms with Crippen LogP contribution in [0.3, 0.4) is 0 Å². The third-order valence-corrected chi connectivity index (χ3v) is 4.12. The smallest absolute Gasteiger partial charge is 0.251 e. The van der Waals surface area contributed by atoms with E-state index >= 15 is 0 Å². The summed E-state index contributed by atoms with van der Waals surface area (Å²) < 4.78 is 5.36. The fraction of sp³-hybridized carbons (Fsp3) is 0.316. The predicted molar refractivity (Wildman–Crippen MR) is 87.8 cm³/mol. The van der Waals surface area contributed by atoms with Gasteiger partial charge in [0, 0.05) is 25.3 Å². The first-order valence-corrected chi connectivity index (χ1v) is 7.85. The number of hydrogen-bond acceptors (Lipinski definition) is 2. The lowest BCUT2D eigenvalue weighted by Crippen LogP contribution is -2.26. The molecule has 1 N–H and O–H groups in total. The van der Waals surface area contributed by atoms with E-state index in [9.17, 15) is 4.79 Å². The summed E-state index contributed by atoms with van der Waals surface area (Å²) >= 11 is 0. The van der Waals surface area contributed by atoms with Crippen molar-refractivity contribution in [2.45, 2.75) is 12.8 Å². The highest BCUT2D eigenvalue weighted by atomic mass is 16.5. The van der Waals surface area contributed by atoms with Gasteiger partial charge in [-0.2, -0.15) is 0 Å². The number of carbonyl (C=O) groups is 1. The Kier molecular flexibility index (Phi) is 4.86. The van der Waals surface area contributed by atoms with Gasteiger partial charge in [0.15, 0.2) is 0 Å². The topological polar surface area (TPSA) is 38.3 Å². The van der Waals surface area contributed by atoms with Gasteiger partial charge in [0.1, 0.15) is 0 Å². The van der Waals surface area contributed by atoms with Gasteiger partial charge in [-0.1, -0.05) is 48.5 Å². The van der Waals surface area contributed by atoms with Crippen LogP contribution in [-0.2, 0) is 4.74 Å². The van der Waals surface area contributed by atoms with Crippen molar-refractivity contribution in [2.75, 3.05) is 19.8 Å². The molecule has 0 radical (unpaired) electrons. The van der Waals surface area contributed by atoms with Gasteiger partial charge in [0.05, 0.1) is 0 Å². The Morgan fingerprint density at radius 3 is 2.64 bits per heavy atom. The minimum absolute atomic E-state index is 0.00151. The molecule has 3 heteroatoms. The molecule has 1 aliphatic heterocycles. The Morgan fingerprint density at radius 1 is 1.09 bits per heavy atom. The minimum atomic E-state index is -0.00151. The third-order valence-electron chi connectivity index (χ3n) is 4.12. The lowest BCUT2D eigenvalue weighted by atomic mass is 9.99. The van der Waals surface area contributed by atoms with Crippen LogP contribution in [-0.4, -0.2) is 25.7 Å². The summed E-state index contributed by atoms with van der Waals surface area (Å²) in [5.41, 5.74) is 2.78. The number of benzene rings is 2. The van der Waals surface area contributed by atoms with Crippen molar-refractivity contribution < 1.29 is 9.53 Å². The molecule has 1 aliphatic rings. The van der Waals surface area contributed by atoms with Gasteiger partial charge in [-0.25, -0.2) is 0 Å². The van der Waals surface area contributed by atoms with Crippen LogP contribution < -0.4 is 5.32 Å². The van der Waals surface area contributed by atoms with Crippen LogP contribution in [0.1, 0.15) is 23.2 Å². The molecular weight excluding hydrogens is 274 g/mol. The molecule has 1 atom stereocenters. The Labute approximate surface area is 131 Å². The van der Waals surface area contributed by atoms with E-state index in [4.69, 9.17) is 4.74 Å². The first-order chi connectivity index (χ1) is 10.8. The third kappa shape index (κ3) is 3.55. The molecule has 0 bridgehead atoms. The quantitative estimate of drug-likeness (QED) is 0.916. The number of ether oxygens (including phenoxy) is 1. The lowest BCUT2D eigenvalue weighted by molar-refractivity contribution is 0.0951. The highest BCUT2D eigenvalue weighted by molar-refractivity contribution is 6.00. The lowest BCUT2D eigenvalue weighted by Gasteiger charge is -2.12. The number of carbonyl (C=O) groups excluding carboxylic acids is 1. The molecule has 22 heavy (non-hydrogen) atoms. The SMILES string of the molecule is O=C(NCC[C@H]1CCOC1)c1ccccc1-c1ccccc1. The van der Waals surface area contributed by atoms with Crippen molar-refractivity contribution >= 4 is 5.91 Å². The van der Waals surface area contributed by atoms with Gasteiger partial charge in [0.25, 0.3) is 5.91 Å². The zero-order valence-corrected chi connectivity index (χ0v) is 12.6. The standard InChI is InChI=1S/C19H21NO2/c21-19(20-12-10-15-11-13-22-14-15)18-9-5-4-8-17(18)16-6-2-1-3-7-16/h1-9,15H,10-14H2,(H,20,21)/t15-/m0/s1. The molecule has 1 amide bonds. The molecule has 2 aromatic rings. The van der Waals surface area contributed by atoms with Crippen LogP contribution in [0.25, 0.3) is 11.1 Å². The predicted octanol–water partition coefficient (Wildman–Crippen LogP) is 3.51. The molecule has 0 aliphatic carbocycles. The average Bonchev–Trinajstić information content (AvgIpc) is 3.09. The highest BCUT2D eigenvalue weighted by Gasteiger charge is 2.16. The molecular formula is C19H21NO2. The van der Waals surface area contributed by atoms with E-state index in [1.165, 1.54) is 0 Å². The molecule has 3 rings (SSSR count). The van der Waals surface area contributed by atoms with Gasteiger partial charge in [-0.3, -0.25) is 4.79 Å². The van der Waals surface area contributed by atoms with E-state index in [2.05, 4.69) is 5.32 Å². The number of nitrogens with one attached hydrogen (secondary N) is 1. The second-order valence-electron chi connectivity index (χ2n) is 5.69. The summed E-state index contributed by atoms with van der Waals surface area (Å²) in [4.78, 5) is 12.5. The van der Waals surface area contributed by atoms with Crippen LogP contribution in [0.15, 0.2) is 54.6 Å². The van der Waals surface area contributed by atoms with Crippen LogP contribution in [0.4, 0.5) is 0 Å². The summed E-state index contributed by atoms with van der Waals surface area (Å²) in [5.74, 6) is 0.586.